The van der Waals surface area contributed by atoms with Crippen molar-refractivity contribution in [1.82, 2.24) is 0 Å². The minimum atomic E-state index is -0.758. The Kier molecular flexibility index (Phi) is 3.94. The van der Waals surface area contributed by atoms with Crippen molar-refractivity contribution in [1.29, 1.82) is 0 Å². The lowest BCUT2D eigenvalue weighted by Crippen LogP contribution is -1.92. The maximum Gasteiger partial charge on any atom is 0.303 e. The van der Waals surface area contributed by atoms with E-state index in [1.54, 1.807) is 0 Å². The number of carboxylic acid groups (broad SMARTS) is 1. The van der Waals surface area contributed by atoms with Crippen LogP contribution in [0.1, 0.15) is 19.3 Å². The lowest BCUT2D eigenvalue weighted by molar-refractivity contribution is -0.137. The number of carbonyl (C=O) groups is 1. The van der Waals surface area contributed by atoms with Crippen molar-refractivity contribution < 1.29 is 9.90 Å². The smallest absolute Gasteiger partial charge is 0.303 e. The van der Waals surface area contributed by atoms with Gasteiger partial charge in [0, 0.05) is 6.42 Å². The first kappa shape index (κ1) is 7.21. The first-order valence-corrected chi connectivity index (χ1v) is 2.52. The molecule has 0 aliphatic rings. The summed E-state index contributed by atoms with van der Waals surface area (Å²) in [4.78, 5) is 9.82. The molecule has 0 aromatic carbocycles. The van der Waals surface area contributed by atoms with Crippen LogP contribution in [0.4, 0.5) is 0 Å². The molecule has 0 saturated carbocycles. The highest BCUT2D eigenvalue weighted by molar-refractivity contribution is 5.66. The van der Waals surface area contributed by atoms with E-state index in [1.807, 2.05) is 0 Å². The molecule has 0 aromatic heterocycles. The van der Waals surface area contributed by atoms with E-state index in [4.69, 9.17) is 11.7 Å². The maximum atomic E-state index is 9.82. The van der Waals surface area contributed by atoms with Crippen LogP contribution in [0.25, 0.3) is 0 Å². The molecule has 0 atom stereocenters. The molecule has 45 valence electrons. The molecule has 0 aliphatic carbocycles. The van der Waals surface area contributed by atoms with E-state index in [-0.39, 0.29) is 6.42 Å². The largest absolute Gasteiger partial charge is 0.481 e. The zero-order valence-corrected chi connectivity index (χ0v) is 4.63. The molecule has 0 spiro atoms. The minimum Gasteiger partial charge on any atom is -0.481 e. The van der Waals surface area contributed by atoms with Gasteiger partial charge in [-0.3, -0.25) is 4.79 Å². The molecule has 0 amide bonds. The molecule has 8 heavy (non-hydrogen) atoms. The fraction of sp³-hybridized carbons (Fsp3) is 0.500. The Morgan fingerprint density at radius 3 is 2.75 bits per heavy atom. The van der Waals surface area contributed by atoms with Gasteiger partial charge in [0.05, 0.1) is 0 Å². The lowest BCUT2D eigenvalue weighted by Gasteiger charge is -1.86. The van der Waals surface area contributed by atoms with Gasteiger partial charge in [0.15, 0.2) is 0 Å². The Hall–Kier alpha value is -0.790. The monoisotopic (exact) mass is 113 g/mol. The second-order valence-corrected chi connectivity index (χ2v) is 1.52. The van der Waals surface area contributed by atoms with Crippen LogP contribution in [-0.4, -0.2) is 11.1 Å². The Morgan fingerprint density at radius 2 is 2.38 bits per heavy atom. The molecule has 0 heterocycles. The molecule has 0 bridgehead atoms. The van der Waals surface area contributed by atoms with Crippen molar-refractivity contribution in [2.45, 2.75) is 19.3 Å². The Labute approximate surface area is 48.8 Å². The van der Waals surface area contributed by atoms with Gasteiger partial charge >= 0.3 is 5.97 Å². The molecule has 0 fully saturated rings. The van der Waals surface area contributed by atoms with Crippen molar-refractivity contribution >= 4 is 5.97 Å². The molecular weight excluding hydrogens is 104 g/mol. The summed E-state index contributed by atoms with van der Waals surface area (Å²) in [5.74, 6) is -0.758. The van der Waals surface area contributed by atoms with Crippen molar-refractivity contribution in [3.05, 3.63) is 12.7 Å². The molecule has 0 rings (SSSR count). The molecular formula is C6H9O2. The summed E-state index contributed by atoms with van der Waals surface area (Å²) in [5.41, 5.74) is 0. The fourth-order valence-electron chi connectivity index (χ4n) is 0.371. The average molecular weight is 113 g/mol. The second kappa shape index (κ2) is 4.37. The van der Waals surface area contributed by atoms with Crippen molar-refractivity contribution in [2.75, 3.05) is 0 Å². The molecule has 2 nitrogen and oxygen atoms in total. The van der Waals surface area contributed by atoms with Crippen LogP contribution < -0.4 is 0 Å². The molecule has 1 radical (unpaired) electrons. The van der Waals surface area contributed by atoms with Crippen LogP contribution in [0.2, 0.25) is 0 Å². The third-order valence-electron chi connectivity index (χ3n) is 0.761. The normalized spacial score (nSPS) is 8.50. The lowest BCUT2D eigenvalue weighted by atomic mass is 10.2. The van der Waals surface area contributed by atoms with Gasteiger partial charge in [-0.25, -0.2) is 0 Å². The van der Waals surface area contributed by atoms with E-state index in [0.717, 1.165) is 0 Å². The average Bonchev–Trinajstić information content (AvgIpc) is 1.66. The van der Waals surface area contributed by atoms with E-state index < -0.39 is 5.97 Å². The Balaban J connectivity index is 2.93. The molecule has 0 unspecified atom stereocenters. The predicted octanol–water partition coefficient (Wildman–Crippen LogP) is 1.23. The first-order chi connectivity index (χ1) is 3.77. The first-order valence-electron chi connectivity index (χ1n) is 2.52. The zero-order valence-electron chi connectivity index (χ0n) is 4.63. The summed E-state index contributed by atoms with van der Waals surface area (Å²) >= 11 is 0. The number of carboxylic acids is 1. The van der Waals surface area contributed by atoms with E-state index in [1.165, 1.54) is 6.08 Å². The number of hydrogen-bond acceptors (Lipinski definition) is 1. The zero-order chi connectivity index (χ0) is 6.41. The molecule has 0 aromatic rings. The van der Waals surface area contributed by atoms with Gasteiger partial charge in [-0.15, -0.1) is 0 Å². The number of rotatable bonds is 4. The third-order valence-corrected chi connectivity index (χ3v) is 0.761. The van der Waals surface area contributed by atoms with Gasteiger partial charge in [0.25, 0.3) is 0 Å². The van der Waals surface area contributed by atoms with Crippen LogP contribution in [0.15, 0.2) is 6.08 Å². The van der Waals surface area contributed by atoms with E-state index in [9.17, 15) is 4.79 Å². The van der Waals surface area contributed by atoms with Crippen LogP contribution in [-0.2, 0) is 4.79 Å². The number of unbranched alkanes of at least 4 members (excludes halogenated alkanes) is 1. The summed E-state index contributed by atoms with van der Waals surface area (Å²) < 4.78 is 0. The highest BCUT2D eigenvalue weighted by Crippen LogP contribution is 1.93. The summed E-state index contributed by atoms with van der Waals surface area (Å²) in [7, 11) is 0. The van der Waals surface area contributed by atoms with Gasteiger partial charge in [-0.2, -0.15) is 0 Å². The van der Waals surface area contributed by atoms with Crippen LogP contribution in [0.5, 0.6) is 0 Å². The minimum absolute atomic E-state index is 0.216. The van der Waals surface area contributed by atoms with Crippen molar-refractivity contribution in [2.24, 2.45) is 0 Å². The molecule has 0 saturated heterocycles. The summed E-state index contributed by atoms with van der Waals surface area (Å²) in [5, 5.41) is 8.09. The van der Waals surface area contributed by atoms with E-state index in [2.05, 4.69) is 0 Å². The predicted molar refractivity (Wildman–Crippen MR) is 30.4 cm³/mol. The highest BCUT2D eigenvalue weighted by atomic mass is 16.4. The molecule has 1 N–H and O–H groups in total. The van der Waals surface area contributed by atoms with Crippen molar-refractivity contribution in [3.63, 3.8) is 0 Å². The SMILES string of the molecule is [CH]=CCCCC(=O)O. The maximum absolute atomic E-state index is 9.82. The number of hydrogen-bond donors (Lipinski definition) is 1. The van der Waals surface area contributed by atoms with E-state index >= 15 is 0 Å². The van der Waals surface area contributed by atoms with Gasteiger partial charge in [-0.1, -0.05) is 12.7 Å². The fourth-order valence-corrected chi connectivity index (χ4v) is 0.371. The van der Waals surface area contributed by atoms with Crippen molar-refractivity contribution in [3.8, 4) is 0 Å². The van der Waals surface area contributed by atoms with Gasteiger partial charge in [0.2, 0.25) is 0 Å². The summed E-state index contributed by atoms with van der Waals surface area (Å²) in [6.45, 7) is 5.00. The Bertz CT molecular complexity index is 86.5. The third kappa shape index (κ3) is 5.21. The van der Waals surface area contributed by atoms with Crippen LogP contribution in [0, 0.1) is 6.58 Å². The second-order valence-electron chi connectivity index (χ2n) is 1.52. The number of allylic oxidation sites excluding steroid dienone is 1. The van der Waals surface area contributed by atoms with E-state index in [0.29, 0.717) is 12.8 Å². The van der Waals surface area contributed by atoms with Crippen LogP contribution in [0.3, 0.4) is 0 Å². The summed E-state index contributed by atoms with van der Waals surface area (Å²) in [6, 6.07) is 0. The van der Waals surface area contributed by atoms with Gasteiger partial charge < -0.3 is 5.11 Å². The van der Waals surface area contributed by atoms with Gasteiger partial charge in [0.1, 0.15) is 0 Å². The Morgan fingerprint density at radius 1 is 1.75 bits per heavy atom. The number of aliphatic carboxylic acids is 1. The molecule has 2 heteroatoms. The summed E-state index contributed by atoms with van der Waals surface area (Å²) in [6.07, 6.45) is 3.02. The van der Waals surface area contributed by atoms with Gasteiger partial charge in [-0.05, 0) is 12.8 Å². The quantitative estimate of drug-likeness (QED) is 0.557. The topological polar surface area (TPSA) is 37.3 Å². The molecule has 0 aliphatic heterocycles. The highest BCUT2D eigenvalue weighted by Gasteiger charge is 1.91. The van der Waals surface area contributed by atoms with Crippen LogP contribution >= 0.6 is 0 Å². The standard InChI is InChI=1S/C6H9O2/c1-2-3-4-5-6(7)8/h1-2H,3-5H2,(H,7,8).